The van der Waals surface area contributed by atoms with Crippen molar-refractivity contribution in [2.45, 2.75) is 13.3 Å². The molecule has 4 rings (SSSR count). The molecule has 10 heteroatoms. The summed E-state index contributed by atoms with van der Waals surface area (Å²) < 4.78 is 10.5. The van der Waals surface area contributed by atoms with Gasteiger partial charge in [0, 0.05) is 45.7 Å². The van der Waals surface area contributed by atoms with Gasteiger partial charge in [0.15, 0.2) is 17.5 Å². The molecule has 10 nitrogen and oxygen atoms in total. The Kier molecular flexibility index (Phi) is 6.11. The third-order valence-electron chi connectivity index (χ3n) is 4.82. The van der Waals surface area contributed by atoms with Crippen LogP contribution in [-0.2, 0) is 6.42 Å². The van der Waals surface area contributed by atoms with E-state index >= 15 is 0 Å². The van der Waals surface area contributed by atoms with E-state index in [1.54, 1.807) is 24.5 Å². The topological polar surface area (TPSA) is 116 Å². The molecule has 0 spiro atoms. The van der Waals surface area contributed by atoms with Gasteiger partial charge in [-0.3, -0.25) is 14.9 Å². The van der Waals surface area contributed by atoms with Gasteiger partial charge in [-0.1, -0.05) is 0 Å². The number of carbonyl (C=O) groups is 1. The summed E-state index contributed by atoms with van der Waals surface area (Å²) in [5.41, 5.74) is 0. The molecule has 1 fully saturated rings. The van der Waals surface area contributed by atoms with E-state index in [0.717, 1.165) is 18.3 Å². The van der Waals surface area contributed by atoms with Crippen molar-refractivity contribution in [1.29, 1.82) is 0 Å². The second-order valence-electron chi connectivity index (χ2n) is 6.83. The molecule has 1 amide bonds. The minimum atomic E-state index is -0.0701. The monoisotopic (exact) mass is 411 g/mol. The van der Waals surface area contributed by atoms with Crippen molar-refractivity contribution >= 4 is 11.9 Å². The van der Waals surface area contributed by atoms with Crippen molar-refractivity contribution in [3.8, 4) is 11.6 Å². The number of aliphatic imine (C=N–C) groups is 1. The molecule has 1 aliphatic rings. The summed E-state index contributed by atoms with van der Waals surface area (Å²) in [6.45, 7) is 6.05. The largest absolute Gasteiger partial charge is 0.461 e. The number of nitrogens with one attached hydrogen (secondary N) is 2. The number of carbonyl (C=O) groups excluding carboxylic acids is 1. The maximum atomic E-state index is 12.4. The fourth-order valence-corrected chi connectivity index (χ4v) is 3.29. The first-order valence-electron chi connectivity index (χ1n) is 10.1. The number of rotatable bonds is 6. The van der Waals surface area contributed by atoms with Crippen molar-refractivity contribution in [3.63, 3.8) is 0 Å². The van der Waals surface area contributed by atoms with Gasteiger partial charge < -0.3 is 24.0 Å². The summed E-state index contributed by atoms with van der Waals surface area (Å²) >= 11 is 0. The van der Waals surface area contributed by atoms with Gasteiger partial charge in [-0.2, -0.15) is 5.10 Å². The summed E-state index contributed by atoms with van der Waals surface area (Å²) in [4.78, 5) is 25.6. The van der Waals surface area contributed by atoms with Crippen molar-refractivity contribution in [3.05, 3.63) is 48.4 Å². The summed E-state index contributed by atoms with van der Waals surface area (Å²) in [5, 5.41) is 10.4. The molecule has 0 saturated carbocycles. The molecule has 4 heterocycles. The lowest BCUT2D eigenvalue weighted by molar-refractivity contribution is 0.0657. The molecular formula is C20H25N7O3. The van der Waals surface area contributed by atoms with Crippen LogP contribution in [0.3, 0.4) is 0 Å². The number of H-pyrrole nitrogens is 1. The van der Waals surface area contributed by atoms with Crippen LogP contribution >= 0.6 is 0 Å². The predicted octanol–water partition coefficient (Wildman–Crippen LogP) is 1.62. The van der Waals surface area contributed by atoms with Gasteiger partial charge in [0.05, 0.1) is 12.5 Å². The third-order valence-corrected chi connectivity index (χ3v) is 4.82. The van der Waals surface area contributed by atoms with Gasteiger partial charge in [0.1, 0.15) is 5.82 Å². The molecule has 158 valence electrons. The SMILES string of the molecule is CCNC(=NCCc1nc(-c2ccco2)n[nH]1)N1CCN(C(=O)c2ccco2)CC1. The molecule has 30 heavy (non-hydrogen) atoms. The summed E-state index contributed by atoms with van der Waals surface area (Å²) in [5.74, 6) is 3.09. The zero-order chi connectivity index (χ0) is 20.8. The first-order valence-corrected chi connectivity index (χ1v) is 10.1. The van der Waals surface area contributed by atoms with Gasteiger partial charge in [-0.15, -0.1) is 0 Å². The maximum absolute atomic E-state index is 12.4. The summed E-state index contributed by atoms with van der Waals surface area (Å²) in [7, 11) is 0. The average molecular weight is 411 g/mol. The van der Waals surface area contributed by atoms with E-state index in [1.807, 2.05) is 17.9 Å². The van der Waals surface area contributed by atoms with Gasteiger partial charge in [0.25, 0.3) is 5.91 Å². The lowest BCUT2D eigenvalue weighted by Crippen LogP contribution is -2.53. The van der Waals surface area contributed by atoms with Crippen molar-refractivity contribution in [2.75, 3.05) is 39.3 Å². The summed E-state index contributed by atoms with van der Waals surface area (Å²) in [6.07, 6.45) is 3.76. The van der Waals surface area contributed by atoms with E-state index in [2.05, 4.69) is 25.4 Å². The number of guanidine groups is 1. The molecule has 2 N–H and O–H groups in total. The Labute approximate surface area is 174 Å². The smallest absolute Gasteiger partial charge is 0.289 e. The Balaban J connectivity index is 1.31. The predicted molar refractivity (Wildman–Crippen MR) is 110 cm³/mol. The van der Waals surface area contributed by atoms with E-state index in [-0.39, 0.29) is 5.91 Å². The van der Waals surface area contributed by atoms with Gasteiger partial charge >= 0.3 is 0 Å². The van der Waals surface area contributed by atoms with Crippen molar-refractivity contribution in [2.24, 2.45) is 4.99 Å². The quantitative estimate of drug-likeness (QED) is 0.468. The van der Waals surface area contributed by atoms with Crippen LogP contribution in [0.5, 0.6) is 0 Å². The van der Waals surface area contributed by atoms with Crippen LogP contribution in [0.4, 0.5) is 0 Å². The highest BCUT2D eigenvalue weighted by Crippen LogP contribution is 2.14. The number of aromatic amines is 1. The average Bonchev–Trinajstić information content (AvgIpc) is 3.55. The standard InChI is InChI=1S/C20H25N7O3/c1-2-21-20(22-8-7-17-23-18(25-24-17)15-5-3-13-29-15)27-11-9-26(10-12-27)19(28)16-6-4-14-30-16/h3-6,13-14H,2,7-12H2,1H3,(H,21,22)(H,23,24,25). The zero-order valence-corrected chi connectivity index (χ0v) is 16.9. The number of piperazine rings is 1. The van der Waals surface area contributed by atoms with Crippen LogP contribution in [-0.4, -0.2) is 76.1 Å². The Morgan fingerprint density at radius 3 is 2.63 bits per heavy atom. The van der Waals surface area contributed by atoms with Crippen LogP contribution in [0.1, 0.15) is 23.3 Å². The van der Waals surface area contributed by atoms with Crippen LogP contribution < -0.4 is 5.32 Å². The molecular weight excluding hydrogens is 386 g/mol. The normalized spacial score (nSPS) is 14.9. The fraction of sp³-hybridized carbons (Fsp3) is 0.400. The number of hydrogen-bond donors (Lipinski definition) is 2. The molecule has 3 aromatic rings. The van der Waals surface area contributed by atoms with E-state index in [4.69, 9.17) is 13.8 Å². The van der Waals surface area contributed by atoms with Crippen LogP contribution in [0.25, 0.3) is 11.6 Å². The number of amides is 1. The minimum absolute atomic E-state index is 0.0701. The number of hydrogen-bond acceptors (Lipinski definition) is 6. The summed E-state index contributed by atoms with van der Waals surface area (Å²) in [6, 6.07) is 7.05. The van der Waals surface area contributed by atoms with Gasteiger partial charge in [0.2, 0.25) is 5.82 Å². The fourth-order valence-electron chi connectivity index (χ4n) is 3.29. The number of aromatic nitrogens is 3. The van der Waals surface area contributed by atoms with Crippen molar-refractivity contribution in [1.82, 2.24) is 30.3 Å². The highest BCUT2D eigenvalue weighted by Gasteiger charge is 2.25. The molecule has 3 aromatic heterocycles. The Hall–Kier alpha value is -3.56. The van der Waals surface area contributed by atoms with E-state index < -0.39 is 0 Å². The molecule has 0 radical (unpaired) electrons. The Morgan fingerprint density at radius 2 is 1.93 bits per heavy atom. The first kappa shape index (κ1) is 19.7. The molecule has 1 saturated heterocycles. The van der Waals surface area contributed by atoms with Crippen LogP contribution in [0, 0.1) is 0 Å². The number of furan rings is 2. The number of nitrogens with zero attached hydrogens (tertiary/aromatic N) is 5. The minimum Gasteiger partial charge on any atom is -0.461 e. The molecule has 0 atom stereocenters. The Morgan fingerprint density at radius 1 is 1.17 bits per heavy atom. The zero-order valence-electron chi connectivity index (χ0n) is 16.9. The van der Waals surface area contributed by atoms with E-state index in [9.17, 15) is 4.79 Å². The van der Waals surface area contributed by atoms with E-state index in [0.29, 0.717) is 56.5 Å². The molecule has 1 aliphatic heterocycles. The van der Waals surface area contributed by atoms with Crippen LogP contribution in [0.2, 0.25) is 0 Å². The molecule has 0 aromatic carbocycles. The molecule has 0 unspecified atom stereocenters. The second kappa shape index (κ2) is 9.29. The van der Waals surface area contributed by atoms with Gasteiger partial charge in [-0.25, -0.2) is 4.98 Å². The van der Waals surface area contributed by atoms with E-state index in [1.165, 1.54) is 6.26 Å². The highest BCUT2D eigenvalue weighted by atomic mass is 16.3. The molecule has 0 aliphatic carbocycles. The maximum Gasteiger partial charge on any atom is 0.289 e. The van der Waals surface area contributed by atoms with Gasteiger partial charge in [-0.05, 0) is 31.2 Å². The lowest BCUT2D eigenvalue weighted by Gasteiger charge is -2.36. The first-order chi connectivity index (χ1) is 14.7. The Bertz CT molecular complexity index is 955. The second-order valence-corrected chi connectivity index (χ2v) is 6.83. The third kappa shape index (κ3) is 4.53. The molecule has 0 bridgehead atoms. The van der Waals surface area contributed by atoms with Crippen LogP contribution in [0.15, 0.2) is 50.6 Å². The lowest BCUT2D eigenvalue weighted by atomic mass is 10.3. The highest BCUT2D eigenvalue weighted by molar-refractivity contribution is 5.91. The van der Waals surface area contributed by atoms with Crippen molar-refractivity contribution < 1.29 is 13.6 Å².